The summed E-state index contributed by atoms with van der Waals surface area (Å²) >= 11 is 0. The molecule has 0 bridgehead atoms. The Kier molecular flexibility index (Phi) is 2.87. The second-order valence-electron chi connectivity index (χ2n) is 3.68. The van der Waals surface area contributed by atoms with Crippen molar-refractivity contribution >= 4 is 0 Å². The van der Waals surface area contributed by atoms with Gasteiger partial charge in [-0.3, -0.25) is 0 Å². The summed E-state index contributed by atoms with van der Waals surface area (Å²) in [5, 5.41) is 0. The summed E-state index contributed by atoms with van der Waals surface area (Å²) in [6.07, 6.45) is -6.07. The van der Waals surface area contributed by atoms with E-state index in [0.29, 0.717) is 6.42 Å². The molecule has 0 amide bonds. The lowest BCUT2D eigenvalue weighted by Crippen LogP contribution is -2.51. The molecule has 4 unspecified atom stereocenters. The van der Waals surface area contributed by atoms with Gasteiger partial charge in [0.05, 0.1) is 6.10 Å². The SMILES string of the molecule is CC1CC(N)C(C)OC1C(F)(F)F. The highest BCUT2D eigenvalue weighted by atomic mass is 19.4. The number of hydrogen-bond donors (Lipinski definition) is 1. The van der Waals surface area contributed by atoms with Crippen molar-refractivity contribution in [2.24, 2.45) is 11.7 Å². The van der Waals surface area contributed by atoms with Crippen molar-refractivity contribution in [2.45, 2.75) is 44.7 Å². The minimum atomic E-state index is -4.27. The van der Waals surface area contributed by atoms with Crippen LogP contribution >= 0.6 is 0 Å². The molecule has 0 radical (unpaired) electrons. The van der Waals surface area contributed by atoms with Crippen LogP contribution in [0.3, 0.4) is 0 Å². The van der Waals surface area contributed by atoms with Gasteiger partial charge in [0.1, 0.15) is 0 Å². The van der Waals surface area contributed by atoms with Gasteiger partial charge in [-0.25, -0.2) is 0 Å². The van der Waals surface area contributed by atoms with Crippen molar-refractivity contribution in [2.75, 3.05) is 0 Å². The van der Waals surface area contributed by atoms with Crippen LogP contribution in [0.4, 0.5) is 13.2 Å². The predicted octanol–water partition coefficient (Wildman–Crippen LogP) is 1.69. The van der Waals surface area contributed by atoms with Gasteiger partial charge in [0, 0.05) is 6.04 Å². The Bertz CT molecular complexity index is 183. The molecule has 0 aliphatic carbocycles. The van der Waals surface area contributed by atoms with E-state index in [4.69, 9.17) is 10.5 Å². The van der Waals surface area contributed by atoms with E-state index in [-0.39, 0.29) is 6.04 Å². The van der Waals surface area contributed by atoms with Gasteiger partial charge in [-0.2, -0.15) is 13.2 Å². The molecule has 0 saturated carbocycles. The number of alkyl halides is 3. The van der Waals surface area contributed by atoms with Crippen molar-refractivity contribution < 1.29 is 17.9 Å². The lowest BCUT2D eigenvalue weighted by atomic mass is 9.90. The van der Waals surface area contributed by atoms with Gasteiger partial charge in [-0.15, -0.1) is 0 Å². The average Bonchev–Trinajstić information content (AvgIpc) is 1.94. The number of nitrogens with two attached hydrogens (primary N) is 1. The lowest BCUT2D eigenvalue weighted by molar-refractivity contribution is -0.260. The second-order valence-corrected chi connectivity index (χ2v) is 3.68. The summed E-state index contributed by atoms with van der Waals surface area (Å²) in [4.78, 5) is 0. The molecule has 0 spiro atoms. The first kappa shape index (κ1) is 10.8. The van der Waals surface area contributed by atoms with Crippen LogP contribution in [0, 0.1) is 5.92 Å². The minimum absolute atomic E-state index is 0.284. The normalized spacial score (nSPS) is 42.0. The lowest BCUT2D eigenvalue weighted by Gasteiger charge is -2.38. The van der Waals surface area contributed by atoms with E-state index >= 15 is 0 Å². The quantitative estimate of drug-likeness (QED) is 0.641. The first-order valence-corrected chi connectivity index (χ1v) is 4.30. The molecule has 1 aliphatic heterocycles. The molecule has 1 heterocycles. The van der Waals surface area contributed by atoms with Gasteiger partial charge >= 0.3 is 6.18 Å². The Hall–Kier alpha value is -0.290. The summed E-state index contributed by atoms with van der Waals surface area (Å²) in [7, 11) is 0. The maximum atomic E-state index is 12.3. The predicted molar refractivity (Wildman–Crippen MR) is 42.1 cm³/mol. The van der Waals surface area contributed by atoms with E-state index in [2.05, 4.69) is 0 Å². The van der Waals surface area contributed by atoms with Crippen LogP contribution in [0.1, 0.15) is 20.3 Å². The zero-order valence-corrected chi connectivity index (χ0v) is 7.64. The van der Waals surface area contributed by atoms with Crippen LogP contribution in [-0.4, -0.2) is 24.4 Å². The number of halogens is 3. The van der Waals surface area contributed by atoms with Crippen LogP contribution < -0.4 is 5.73 Å². The molecule has 13 heavy (non-hydrogen) atoms. The number of ether oxygens (including phenoxy) is 1. The molecule has 1 saturated heterocycles. The van der Waals surface area contributed by atoms with Crippen LogP contribution in [0.15, 0.2) is 0 Å². The van der Waals surface area contributed by atoms with E-state index in [1.807, 2.05) is 0 Å². The summed E-state index contributed by atoms with van der Waals surface area (Å²) in [6.45, 7) is 3.10. The van der Waals surface area contributed by atoms with Gasteiger partial charge in [-0.1, -0.05) is 6.92 Å². The third-order valence-corrected chi connectivity index (χ3v) is 2.45. The molecule has 5 heteroatoms. The van der Waals surface area contributed by atoms with Crippen LogP contribution in [0.5, 0.6) is 0 Å². The third kappa shape index (κ3) is 2.34. The van der Waals surface area contributed by atoms with Crippen molar-refractivity contribution in [3.8, 4) is 0 Å². The van der Waals surface area contributed by atoms with Crippen LogP contribution in [0.25, 0.3) is 0 Å². The zero-order chi connectivity index (χ0) is 10.2. The number of hydrogen-bond acceptors (Lipinski definition) is 2. The molecular weight excluding hydrogens is 183 g/mol. The average molecular weight is 197 g/mol. The highest BCUT2D eigenvalue weighted by Crippen LogP contribution is 2.35. The Morgan fingerprint density at radius 2 is 1.85 bits per heavy atom. The first-order valence-electron chi connectivity index (χ1n) is 4.30. The summed E-state index contributed by atoms with van der Waals surface area (Å²) in [5.41, 5.74) is 5.58. The Balaban J connectivity index is 2.67. The van der Waals surface area contributed by atoms with E-state index < -0.39 is 24.3 Å². The van der Waals surface area contributed by atoms with Gasteiger partial charge in [0.2, 0.25) is 0 Å². The molecule has 2 nitrogen and oxygen atoms in total. The maximum absolute atomic E-state index is 12.3. The van der Waals surface area contributed by atoms with E-state index in [0.717, 1.165) is 0 Å². The molecule has 1 rings (SSSR count). The molecular formula is C8H14F3NO. The Morgan fingerprint density at radius 1 is 1.31 bits per heavy atom. The van der Waals surface area contributed by atoms with Crippen molar-refractivity contribution in [1.82, 2.24) is 0 Å². The first-order chi connectivity index (χ1) is 5.82. The zero-order valence-electron chi connectivity index (χ0n) is 7.64. The third-order valence-electron chi connectivity index (χ3n) is 2.45. The van der Waals surface area contributed by atoms with Gasteiger partial charge < -0.3 is 10.5 Å². The summed E-state index contributed by atoms with van der Waals surface area (Å²) in [5.74, 6) is -0.550. The van der Waals surface area contributed by atoms with Gasteiger partial charge in [0.25, 0.3) is 0 Å². The minimum Gasteiger partial charge on any atom is -0.364 e. The van der Waals surface area contributed by atoms with Crippen LogP contribution in [0.2, 0.25) is 0 Å². The Morgan fingerprint density at radius 3 is 2.31 bits per heavy atom. The molecule has 4 atom stereocenters. The monoisotopic (exact) mass is 197 g/mol. The van der Waals surface area contributed by atoms with Crippen LogP contribution in [-0.2, 0) is 4.74 Å². The molecule has 0 aromatic carbocycles. The summed E-state index contributed by atoms with van der Waals surface area (Å²) in [6, 6.07) is -0.284. The highest BCUT2D eigenvalue weighted by Gasteiger charge is 2.48. The van der Waals surface area contributed by atoms with Gasteiger partial charge in [0.15, 0.2) is 6.10 Å². The molecule has 2 N–H and O–H groups in total. The van der Waals surface area contributed by atoms with Crippen molar-refractivity contribution in [3.05, 3.63) is 0 Å². The fourth-order valence-electron chi connectivity index (χ4n) is 1.61. The van der Waals surface area contributed by atoms with E-state index in [1.165, 1.54) is 6.92 Å². The standard InChI is InChI=1S/C8H14F3NO/c1-4-3-6(12)5(2)13-7(4)8(9,10)11/h4-7H,3,12H2,1-2H3. The van der Waals surface area contributed by atoms with E-state index in [9.17, 15) is 13.2 Å². The van der Waals surface area contributed by atoms with Gasteiger partial charge in [-0.05, 0) is 19.3 Å². The van der Waals surface area contributed by atoms with Crippen molar-refractivity contribution in [1.29, 1.82) is 0 Å². The fourth-order valence-corrected chi connectivity index (χ4v) is 1.61. The molecule has 1 fully saturated rings. The smallest absolute Gasteiger partial charge is 0.364 e. The molecule has 0 aromatic rings. The van der Waals surface area contributed by atoms with Crippen molar-refractivity contribution in [3.63, 3.8) is 0 Å². The number of rotatable bonds is 0. The molecule has 78 valence electrons. The second kappa shape index (κ2) is 3.46. The fraction of sp³-hybridized carbons (Fsp3) is 1.00. The topological polar surface area (TPSA) is 35.2 Å². The largest absolute Gasteiger partial charge is 0.414 e. The molecule has 0 aromatic heterocycles. The highest BCUT2D eigenvalue weighted by molar-refractivity contribution is 4.86. The Labute approximate surface area is 75.2 Å². The molecule has 1 aliphatic rings. The van der Waals surface area contributed by atoms with E-state index in [1.54, 1.807) is 6.92 Å². The maximum Gasteiger partial charge on any atom is 0.414 e. The summed E-state index contributed by atoms with van der Waals surface area (Å²) < 4.78 is 41.8.